The molecule has 2 amide bonds. The Labute approximate surface area is 144 Å². The van der Waals surface area contributed by atoms with E-state index in [-0.39, 0.29) is 11.8 Å². The van der Waals surface area contributed by atoms with Crippen molar-refractivity contribution in [2.75, 3.05) is 7.05 Å². The molecule has 0 bridgehead atoms. The second kappa shape index (κ2) is 7.60. The summed E-state index contributed by atoms with van der Waals surface area (Å²) < 4.78 is 0. The number of nitrogens with zero attached hydrogens (tertiary/aromatic N) is 2. The van der Waals surface area contributed by atoms with Gasteiger partial charge in [-0.15, -0.1) is 0 Å². The third-order valence-electron chi connectivity index (χ3n) is 4.29. The topological polar surface area (TPSA) is 73.2 Å². The molecule has 0 aromatic heterocycles. The number of nitriles is 1. The first-order chi connectivity index (χ1) is 11.0. The average Bonchev–Trinajstić information content (AvgIpc) is 2.61. The Balaban J connectivity index is 2.21. The minimum absolute atomic E-state index is 0.271. The lowest BCUT2D eigenvalue weighted by Crippen LogP contribution is -2.59. The van der Waals surface area contributed by atoms with E-state index in [0.717, 1.165) is 35.1 Å². The van der Waals surface area contributed by atoms with Crippen LogP contribution in [0.15, 0.2) is 24.3 Å². The third-order valence-corrected chi connectivity index (χ3v) is 4.94. The van der Waals surface area contributed by atoms with Crippen LogP contribution in [0.3, 0.4) is 0 Å². The number of likely N-dealkylation sites (N-methyl/N-ethyl adjacent to an activating group) is 1. The van der Waals surface area contributed by atoms with Crippen LogP contribution in [0.25, 0.3) is 0 Å². The number of carbonyl (C=O) groups is 2. The van der Waals surface area contributed by atoms with Gasteiger partial charge in [-0.3, -0.25) is 14.5 Å². The molecule has 1 aromatic carbocycles. The smallest absolute Gasteiger partial charge is 0.261 e. The molecule has 0 heterocycles. The lowest BCUT2D eigenvalue weighted by atomic mass is 9.80. The molecule has 1 saturated carbocycles. The summed E-state index contributed by atoms with van der Waals surface area (Å²) in [4.78, 5) is 26.2. The summed E-state index contributed by atoms with van der Waals surface area (Å²) in [5.74, 6) is -0.599. The van der Waals surface area contributed by atoms with Gasteiger partial charge in [0.2, 0.25) is 0 Å². The van der Waals surface area contributed by atoms with Gasteiger partial charge in [0, 0.05) is 17.9 Å². The van der Waals surface area contributed by atoms with Gasteiger partial charge >= 0.3 is 0 Å². The Morgan fingerprint density at radius 1 is 1.26 bits per heavy atom. The van der Waals surface area contributed by atoms with Gasteiger partial charge in [-0.25, -0.2) is 0 Å². The van der Waals surface area contributed by atoms with Crippen molar-refractivity contribution in [3.63, 3.8) is 0 Å². The van der Waals surface area contributed by atoms with E-state index in [9.17, 15) is 9.59 Å². The van der Waals surface area contributed by atoms with Crippen molar-refractivity contribution in [3.8, 4) is 6.19 Å². The monoisotopic (exact) mass is 377 g/mol. The Hall–Kier alpha value is -1.87. The normalized spacial score (nSPS) is 16.2. The van der Waals surface area contributed by atoms with E-state index in [4.69, 9.17) is 5.26 Å². The number of hydrogen-bond donors (Lipinski definition) is 1. The van der Waals surface area contributed by atoms with E-state index in [1.165, 1.54) is 7.05 Å². The Kier molecular flexibility index (Phi) is 5.78. The molecule has 0 spiro atoms. The maximum absolute atomic E-state index is 12.6. The zero-order valence-corrected chi connectivity index (χ0v) is 14.7. The van der Waals surface area contributed by atoms with E-state index >= 15 is 0 Å². The first-order valence-corrected chi connectivity index (χ1v) is 8.80. The number of benzene rings is 1. The van der Waals surface area contributed by atoms with Crippen molar-refractivity contribution >= 4 is 27.7 Å². The molecule has 2 rings (SSSR count). The summed E-state index contributed by atoms with van der Waals surface area (Å²) in [6, 6.07) is 7.25. The molecule has 1 aromatic rings. The molecule has 1 N–H and O–H groups in total. The number of hydrogen-bond acceptors (Lipinski definition) is 3. The zero-order chi connectivity index (χ0) is 16.9. The molecular weight excluding hydrogens is 358 g/mol. The van der Waals surface area contributed by atoms with Crippen LogP contribution in [-0.2, 0) is 10.1 Å². The minimum Gasteiger partial charge on any atom is -0.338 e. The highest BCUT2D eigenvalue weighted by Gasteiger charge is 2.42. The van der Waals surface area contributed by atoms with Crippen LogP contribution in [-0.4, -0.2) is 29.3 Å². The Morgan fingerprint density at radius 3 is 2.39 bits per heavy atom. The molecule has 1 aliphatic carbocycles. The van der Waals surface area contributed by atoms with Crippen LogP contribution < -0.4 is 5.32 Å². The van der Waals surface area contributed by atoms with E-state index in [2.05, 4.69) is 21.2 Å². The summed E-state index contributed by atoms with van der Waals surface area (Å²) in [6.45, 7) is 0. The van der Waals surface area contributed by atoms with E-state index < -0.39 is 5.54 Å². The Morgan fingerprint density at radius 2 is 1.87 bits per heavy atom. The highest BCUT2D eigenvalue weighted by molar-refractivity contribution is 9.08. The fourth-order valence-electron chi connectivity index (χ4n) is 2.95. The van der Waals surface area contributed by atoms with Gasteiger partial charge in [0.25, 0.3) is 11.8 Å². The van der Waals surface area contributed by atoms with Crippen LogP contribution in [0.1, 0.15) is 48.0 Å². The lowest BCUT2D eigenvalue weighted by Gasteiger charge is -2.37. The quantitative estimate of drug-likeness (QED) is 0.497. The number of halogens is 1. The summed E-state index contributed by atoms with van der Waals surface area (Å²) in [5, 5.41) is 12.6. The summed E-state index contributed by atoms with van der Waals surface area (Å²) in [7, 11) is 1.44. The highest BCUT2D eigenvalue weighted by atomic mass is 79.9. The van der Waals surface area contributed by atoms with E-state index in [1.807, 2.05) is 18.3 Å². The van der Waals surface area contributed by atoms with Gasteiger partial charge in [0.1, 0.15) is 5.54 Å². The largest absolute Gasteiger partial charge is 0.338 e. The molecule has 23 heavy (non-hydrogen) atoms. The maximum Gasteiger partial charge on any atom is 0.261 e. The van der Waals surface area contributed by atoms with Crippen molar-refractivity contribution in [1.29, 1.82) is 5.26 Å². The van der Waals surface area contributed by atoms with Crippen LogP contribution in [0.4, 0.5) is 0 Å². The molecule has 5 nitrogen and oxygen atoms in total. The van der Waals surface area contributed by atoms with E-state index in [1.54, 1.807) is 12.1 Å². The first kappa shape index (κ1) is 17.5. The summed E-state index contributed by atoms with van der Waals surface area (Å²) in [5.41, 5.74) is 0.634. The highest BCUT2D eigenvalue weighted by Crippen LogP contribution is 2.30. The molecule has 0 atom stereocenters. The summed E-state index contributed by atoms with van der Waals surface area (Å²) in [6.07, 6.45) is 5.77. The average molecular weight is 378 g/mol. The first-order valence-electron chi connectivity index (χ1n) is 7.68. The van der Waals surface area contributed by atoms with Crippen molar-refractivity contribution < 1.29 is 9.59 Å². The fourth-order valence-corrected chi connectivity index (χ4v) is 3.32. The summed E-state index contributed by atoms with van der Waals surface area (Å²) >= 11 is 3.37. The zero-order valence-electron chi connectivity index (χ0n) is 13.1. The van der Waals surface area contributed by atoms with Gasteiger partial charge in [0.05, 0.1) is 0 Å². The molecule has 0 saturated heterocycles. The van der Waals surface area contributed by atoms with Crippen molar-refractivity contribution in [2.24, 2.45) is 0 Å². The molecule has 1 fully saturated rings. The Bertz CT molecular complexity index is 616. The lowest BCUT2D eigenvalue weighted by molar-refractivity contribution is -0.135. The molecule has 122 valence electrons. The van der Waals surface area contributed by atoms with Gasteiger partial charge in [-0.2, -0.15) is 5.26 Å². The van der Waals surface area contributed by atoms with Gasteiger partial charge in [-0.05, 0) is 30.5 Å². The third kappa shape index (κ3) is 3.91. The van der Waals surface area contributed by atoms with Crippen LogP contribution in [0.2, 0.25) is 0 Å². The molecule has 1 aliphatic rings. The van der Waals surface area contributed by atoms with Gasteiger partial charge in [-0.1, -0.05) is 47.3 Å². The second-order valence-corrected chi connectivity index (χ2v) is 6.45. The van der Waals surface area contributed by atoms with Crippen LogP contribution >= 0.6 is 15.9 Å². The SMILES string of the molecule is CN(C#N)C(=O)C1(NC(=O)c2ccc(CBr)cc2)CCCCC1. The van der Waals surface area contributed by atoms with Crippen molar-refractivity contribution in [2.45, 2.75) is 43.0 Å². The van der Waals surface area contributed by atoms with Crippen molar-refractivity contribution in [1.82, 2.24) is 10.2 Å². The van der Waals surface area contributed by atoms with Gasteiger partial charge in [0.15, 0.2) is 6.19 Å². The molecule has 0 aliphatic heterocycles. The molecule has 6 heteroatoms. The predicted molar refractivity (Wildman–Crippen MR) is 90.7 cm³/mol. The number of rotatable bonds is 4. The number of nitrogens with one attached hydrogen (secondary N) is 1. The van der Waals surface area contributed by atoms with Crippen LogP contribution in [0.5, 0.6) is 0 Å². The van der Waals surface area contributed by atoms with Gasteiger partial charge < -0.3 is 5.32 Å². The number of alkyl halides is 1. The number of amides is 2. The van der Waals surface area contributed by atoms with Crippen LogP contribution in [0, 0.1) is 11.5 Å². The predicted octanol–water partition coefficient (Wildman–Crippen LogP) is 2.95. The molecule has 0 radical (unpaired) electrons. The fraction of sp³-hybridized carbons (Fsp3) is 0.471. The maximum atomic E-state index is 12.6. The minimum atomic E-state index is -0.964. The standard InChI is InChI=1S/C17H20BrN3O2/c1-21(12-19)16(23)17(9-3-2-4-10-17)20-15(22)14-7-5-13(11-18)6-8-14/h5-8H,2-4,9-11H2,1H3,(H,20,22). The second-order valence-electron chi connectivity index (χ2n) is 5.89. The molecular formula is C17H20BrN3O2. The molecule has 0 unspecified atom stereocenters. The van der Waals surface area contributed by atoms with E-state index in [0.29, 0.717) is 18.4 Å². The number of carbonyl (C=O) groups excluding carboxylic acids is 2. The van der Waals surface area contributed by atoms with Crippen molar-refractivity contribution in [3.05, 3.63) is 35.4 Å².